The van der Waals surface area contributed by atoms with Gasteiger partial charge in [-0.3, -0.25) is 0 Å². The zero-order valence-corrected chi connectivity index (χ0v) is 14.0. The summed E-state index contributed by atoms with van der Waals surface area (Å²) in [5.74, 6) is 0. The lowest BCUT2D eigenvalue weighted by Crippen LogP contribution is -2.57. The second-order valence-corrected chi connectivity index (χ2v) is 6.87. The molecule has 1 aromatic rings. The summed E-state index contributed by atoms with van der Waals surface area (Å²) >= 11 is 5.91. The lowest BCUT2D eigenvalue weighted by Gasteiger charge is -2.42. The van der Waals surface area contributed by atoms with Crippen LogP contribution in [0.15, 0.2) is 24.3 Å². The van der Waals surface area contributed by atoms with E-state index < -0.39 is 5.60 Å². The van der Waals surface area contributed by atoms with Crippen LogP contribution in [0.25, 0.3) is 0 Å². The van der Waals surface area contributed by atoms with E-state index in [4.69, 9.17) is 16.3 Å². The first kappa shape index (κ1) is 16.9. The number of amides is 1. The first-order valence-corrected chi connectivity index (χ1v) is 7.79. The van der Waals surface area contributed by atoms with Crippen molar-refractivity contribution in [1.29, 1.82) is 0 Å². The normalized spacial score (nSPS) is 19.2. The Morgan fingerprint density at radius 2 is 1.95 bits per heavy atom. The van der Waals surface area contributed by atoms with Gasteiger partial charge < -0.3 is 19.6 Å². The Kier molecular flexibility index (Phi) is 5.19. The summed E-state index contributed by atoms with van der Waals surface area (Å²) in [5.41, 5.74) is 0.478. The zero-order valence-electron chi connectivity index (χ0n) is 13.3. The highest BCUT2D eigenvalue weighted by atomic mass is 35.5. The number of hydrogen-bond donors (Lipinski definition) is 1. The number of anilines is 1. The Labute approximate surface area is 136 Å². The van der Waals surface area contributed by atoms with E-state index in [-0.39, 0.29) is 18.7 Å². The number of carbonyl (C=O) groups excluding carboxylic acids is 1. The molecule has 1 saturated heterocycles. The van der Waals surface area contributed by atoms with Gasteiger partial charge in [-0.05, 0) is 45.0 Å². The van der Waals surface area contributed by atoms with Crippen LogP contribution in [0.4, 0.5) is 10.5 Å². The predicted molar refractivity (Wildman–Crippen MR) is 87.5 cm³/mol. The van der Waals surface area contributed by atoms with Crippen molar-refractivity contribution in [3.63, 3.8) is 0 Å². The van der Waals surface area contributed by atoms with Crippen LogP contribution in [0.1, 0.15) is 20.8 Å². The highest BCUT2D eigenvalue weighted by molar-refractivity contribution is 6.30. The van der Waals surface area contributed by atoms with Crippen LogP contribution >= 0.6 is 11.6 Å². The van der Waals surface area contributed by atoms with Gasteiger partial charge in [-0.25, -0.2) is 4.79 Å². The van der Waals surface area contributed by atoms with Crippen LogP contribution in [0, 0.1) is 0 Å². The SMILES string of the molecule is CC(C)(C)OC(=O)N1CCN(c2ccc(Cl)cc2)C(CO)C1. The molecule has 1 heterocycles. The number of nitrogens with zero attached hydrogens (tertiary/aromatic N) is 2. The molecular weight excluding hydrogens is 304 g/mol. The maximum Gasteiger partial charge on any atom is 0.410 e. The van der Waals surface area contributed by atoms with Gasteiger partial charge in [-0.2, -0.15) is 0 Å². The minimum absolute atomic E-state index is 0.0259. The number of ether oxygens (including phenoxy) is 1. The van der Waals surface area contributed by atoms with Crippen LogP contribution in [-0.2, 0) is 4.74 Å². The number of aliphatic hydroxyl groups is 1. The number of benzene rings is 1. The third-order valence-electron chi connectivity index (χ3n) is 3.50. The van der Waals surface area contributed by atoms with Crippen LogP contribution in [0.5, 0.6) is 0 Å². The van der Waals surface area contributed by atoms with Crippen molar-refractivity contribution < 1.29 is 14.6 Å². The Bertz CT molecular complexity index is 513. The fourth-order valence-electron chi connectivity index (χ4n) is 2.48. The smallest absolute Gasteiger partial charge is 0.410 e. The van der Waals surface area contributed by atoms with Crippen molar-refractivity contribution >= 4 is 23.4 Å². The molecule has 1 N–H and O–H groups in total. The first-order valence-electron chi connectivity index (χ1n) is 7.41. The molecule has 1 amide bonds. The minimum Gasteiger partial charge on any atom is -0.444 e. The van der Waals surface area contributed by atoms with E-state index in [1.807, 2.05) is 45.0 Å². The molecule has 0 radical (unpaired) electrons. The molecule has 22 heavy (non-hydrogen) atoms. The van der Waals surface area contributed by atoms with E-state index in [2.05, 4.69) is 4.90 Å². The first-order chi connectivity index (χ1) is 10.3. The highest BCUT2D eigenvalue weighted by Crippen LogP contribution is 2.23. The van der Waals surface area contributed by atoms with Crippen LogP contribution in [0.2, 0.25) is 5.02 Å². The number of halogens is 1. The summed E-state index contributed by atoms with van der Waals surface area (Å²) in [6.07, 6.45) is -0.332. The molecule has 1 fully saturated rings. The molecule has 122 valence electrons. The van der Waals surface area contributed by atoms with Crippen molar-refractivity contribution in [2.45, 2.75) is 32.4 Å². The summed E-state index contributed by atoms with van der Waals surface area (Å²) in [6, 6.07) is 7.35. The molecule has 0 aromatic heterocycles. The lowest BCUT2D eigenvalue weighted by molar-refractivity contribution is 0.0197. The lowest BCUT2D eigenvalue weighted by atomic mass is 10.1. The van der Waals surface area contributed by atoms with E-state index in [9.17, 15) is 9.90 Å². The number of piperazine rings is 1. The molecule has 0 spiro atoms. The summed E-state index contributed by atoms with van der Waals surface area (Å²) in [6.45, 7) is 7.16. The summed E-state index contributed by atoms with van der Waals surface area (Å²) in [5, 5.41) is 10.3. The monoisotopic (exact) mass is 326 g/mol. The molecule has 5 nitrogen and oxygen atoms in total. The van der Waals surface area contributed by atoms with Gasteiger partial charge in [0.1, 0.15) is 5.60 Å². The van der Waals surface area contributed by atoms with Gasteiger partial charge in [0.15, 0.2) is 0 Å². The van der Waals surface area contributed by atoms with Gasteiger partial charge in [0, 0.05) is 30.3 Å². The summed E-state index contributed by atoms with van der Waals surface area (Å²) in [4.78, 5) is 15.9. The fourth-order valence-corrected chi connectivity index (χ4v) is 2.60. The Morgan fingerprint density at radius 1 is 1.32 bits per heavy atom. The Balaban J connectivity index is 2.05. The summed E-state index contributed by atoms with van der Waals surface area (Å²) in [7, 11) is 0. The van der Waals surface area contributed by atoms with Gasteiger partial charge >= 0.3 is 6.09 Å². The molecule has 1 aliphatic heterocycles. The van der Waals surface area contributed by atoms with Crippen molar-refractivity contribution in [3.05, 3.63) is 29.3 Å². The standard InChI is InChI=1S/C16H23ClN2O3/c1-16(2,3)22-15(21)18-8-9-19(14(10-18)11-20)13-6-4-12(17)5-7-13/h4-7,14,20H,8-11H2,1-3H3. The van der Waals surface area contributed by atoms with E-state index in [1.54, 1.807) is 4.90 Å². The van der Waals surface area contributed by atoms with E-state index in [0.29, 0.717) is 24.7 Å². The topological polar surface area (TPSA) is 53.0 Å². The molecule has 0 aliphatic carbocycles. The predicted octanol–water partition coefficient (Wildman–Crippen LogP) is 2.76. The Morgan fingerprint density at radius 3 is 2.50 bits per heavy atom. The van der Waals surface area contributed by atoms with E-state index in [1.165, 1.54) is 0 Å². The third kappa shape index (κ3) is 4.27. The van der Waals surface area contributed by atoms with Crippen molar-refractivity contribution in [3.8, 4) is 0 Å². The molecule has 0 saturated carbocycles. The van der Waals surface area contributed by atoms with Crippen molar-refractivity contribution in [2.24, 2.45) is 0 Å². The molecule has 0 bridgehead atoms. The van der Waals surface area contributed by atoms with E-state index in [0.717, 1.165) is 5.69 Å². The maximum absolute atomic E-state index is 12.1. The average Bonchev–Trinajstić information content (AvgIpc) is 2.45. The molecule has 1 atom stereocenters. The number of hydrogen-bond acceptors (Lipinski definition) is 4. The number of aliphatic hydroxyl groups excluding tert-OH is 1. The van der Waals surface area contributed by atoms with Crippen LogP contribution in [0.3, 0.4) is 0 Å². The minimum atomic E-state index is -0.515. The molecule has 1 aromatic carbocycles. The number of carbonyl (C=O) groups is 1. The van der Waals surface area contributed by atoms with Gasteiger partial charge in [-0.15, -0.1) is 0 Å². The molecule has 1 unspecified atom stereocenters. The van der Waals surface area contributed by atoms with Gasteiger partial charge in [0.2, 0.25) is 0 Å². The van der Waals surface area contributed by atoms with Crippen LogP contribution < -0.4 is 4.90 Å². The maximum atomic E-state index is 12.1. The van der Waals surface area contributed by atoms with Gasteiger partial charge in [0.05, 0.1) is 12.6 Å². The second-order valence-electron chi connectivity index (χ2n) is 6.43. The molecule has 1 aliphatic rings. The average molecular weight is 327 g/mol. The zero-order chi connectivity index (χ0) is 16.3. The molecule has 2 rings (SSSR count). The van der Waals surface area contributed by atoms with Crippen LogP contribution in [-0.4, -0.2) is 54.0 Å². The van der Waals surface area contributed by atoms with Gasteiger partial charge in [0.25, 0.3) is 0 Å². The largest absolute Gasteiger partial charge is 0.444 e. The van der Waals surface area contributed by atoms with Crippen molar-refractivity contribution in [1.82, 2.24) is 4.90 Å². The highest BCUT2D eigenvalue weighted by Gasteiger charge is 2.31. The van der Waals surface area contributed by atoms with Gasteiger partial charge in [-0.1, -0.05) is 11.6 Å². The number of rotatable bonds is 2. The molecule has 6 heteroatoms. The Hall–Kier alpha value is -1.46. The third-order valence-corrected chi connectivity index (χ3v) is 3.76. The fraction of sp³-hybridized carbons (Fsp3) is 0.562. The second kappa shape index (κ2) is 6.75. The summed E-state index contributed by atoms with van der Waals surface area (Å²) < 4.78 is 5.40. The quantitative estimate of drug-likeness (QED) is 0.908. The van der Waals surface area contributed by atoms with Crippen molar-refractivity contribution in [2.75, 3.05) is 31.1 Å². The molecular formula is C16H23ClN2O3. The van der Waals surface area contributed by atoms with E-state index >= 15 is 0 Å².